The number of carbonyl (C=O) groups is 1. The van der Waals surface area contributed by atoms with E-state index in [1.165, 1.54) is 17.5 Å². The fourth-order valence-electron chi connectivity index (χ4n) is 5.19. The van der Waals surface area contributed by atoms with Crippen LogP contribution in [0.5, 0.6) is 5.75 Å². The topological polar surface area (TPSA) is 133 Å². The Labute approximate surface area is 222 Å². The number of amides is 1. The lowest BCUT2D eigenvalue weighted by atomic mass is 9.81. The van der Waals surface area contributed by atoms with Crippen LogP contribution in [0.3, 0.4) is 0 Å². The lowest BCUT2D eigenvalue weighted by Gasteiger charge is -2.34. The summed E-state index contributed by atoms with van der Waals surface area (Å²) in [5.41, 5.74) is 4.14. The Balaban J connectivity index is 1.08. The summed E-state index contributed by atoms with van der Waals surface area (Å²) in [5, 5.41) is 26.0. The van der Waals surface area contributed by atoms with Crippen molar-refractivity contribution in [2.75, 3.05) is 31.6 Å². The van der Waals surface area contributed by atoms with Gasteiger partial charge in [0.1, 0.15) is 18.2 Å². The minimum atomic E-state index is -0.684. The van der Waals surface area contributed by atoms with Crippen LogP contribution in [0.1, 0.15) is 45.7 Å². The Morgan fingerprint density at radius 2 is 2.18 bits per heavy atom. The second kappa shape index (κ2) is 11.9. The zero-order valence-electron chi connectivity index (χ0n) is 21.6. The van der Waals surface area contributed by atoms with Crippen molar-refractivity contribution >= 4 is 11.7 Å². The molecule has 1 aliphatic carbocycles. The summed E-state index contributed by atoms with van der Waals surface area (Å²) in [6.45, 7) is 4.82. The molecule has 1 saturated carbocycles. The molecule has 2 aromatic heterocycles. The van der Waals surface area contributed by atoms with Gasteiger partial charge in [0.05, 0.1) is 12.3 Å². The first-order chi connectivity index (χ1) is 18.5. The van der Waals surface area contributed by atoms with Crippen LogP contribution in [0.25, 0.3) is 0 Å². The van der Waals surface area contributed by atoms with Crippen LogP contribution in [-0.4, -0.2) is 69.4 Å². The molecule has 38 heavy (non-hydrogen) atoms. The number of hydrogen-bond donors (Lipinski definition) is 4. The zero-order valence-corrected chi connectivity index (χ0v) is 21.6. The molecule has 3 heterocycles. The second-order valence-corrected chi connectivity index (χ2v) is 10.2. The predicted molar refractivity (Wildman–Crippen MR) is 141 cm³/mol. The van der Waals surface area contributed by atoms with E-state index >= 15 is 0 Å². The fourth-order valence-corrected chi connectivity index (χ4v) is 5.19. The number of aliphatic hydroxyl groups excluding tert-OH is 2. The number of nitrogens with one attached hydrogen (secondary N) is 2. The fraction of sp³-hybridized carbons (Fsp3) is 0.464. The van der Waals surface area contributed by atoms with Crippen molar-refractivity contribution in [3.05, 3.63) is 71.1 Å². The van der Waals surface area contributed by atoms with Gasteiger partial charge >= 0.3 is 0 Å². The van der Waals surface area contributed by atoms with E-state index in [1.807, 2.05) is 6.07 Å². The standard InChI is InChI=1S/C28H35N5O5/c1-18-25-5-7-33(13-21(25)2-3-26(18)37-16-24-12-29-17-38-24)14-23(35)11-31-28(36)20-4-6-30-27(10-20)32-22-8-19(9-22)15-34/h2-4,6,10,12,17,19,22-23,34-35H,5,7-9,11,13-16H2,1H3,(H,30,32)(H,31,36)/t19-,22+,23-/m0/s1. The van der Waals surface area contributed by atoms with Gasteiger partial charge < -0.3 is 30.0 Å². The van der Waals surface area contributed by atoms with Gasteiger partial charge in [0.15, 0.2) is 12.2 Å². The van der Waals surface area contributed by atoms with Crippen LogP contribution in [0.2, 0.25) is 0 Å². The summed E-state index contributed by atoms with van der Waals surface area (Å²) in [6.07, 6.45) is 6.64. The van der Waals surface area contributed by atoms with Gasteiger partial charge in [-0.1, -0.05) is 6.07 Å². The molecule has 0 saturated heterocycles. The molecular formula is C28H35N5O5. The Morgan fingerprint density at radius 3 is 2.97 bits per heavy atom. The van der Waals surface area contributed by atoms with Crippen molar-refractivity contribution < 1.29 is 24.2 Å². The van der Waals surface area contributed by atoms with E-state index in [2.05, 4.69) is 38.5 Å². The highest BCUT2D eigenvalue weighted by atomic mass is 16.5. The summed E-state index contributed by atoms with van der Waals surface area (Å²) >= 11 is 0. The van der Waals surface area contributed by atoms with E-state index in [9.17, 15) is 15.0 Å². The molecule has 0 radical (unpaired) electrons. The van der Waals surface area contributed by atoms with Gasteiger partial charge in [0.2, 0.25) is 0 Å². The third-order valence-electron chi connectivity index (χ3n) is 7.41. The maximum absolute atomic E-state index is 12.7. The normalized spacial score (nSPS) is 19.8. The second-order valence-electron chi connectivity index (χ2n) is 10.2. The molecule has 1 aromatic carbocycles. The van der Waals surface area contributed by atoms with Gasteiger partial charge in [-0.15, -0.1) is 0 Å². The number of anilines is 1. The zero-order chi connectivity index (χ0) is 26.5. The van der Waals surface area contributed by atoms with E-state index in [-0.39, 0.29) is 25.1 Å². The van der Waals surface area contributed by atoms with Crippen LogP contribution < -0.4 is 15.4 Å². The SMILES string of the molecule is Cc1c(OCc2cnco2)ccc2c1CCN(C[C@@H](O)CNC(=O)c1ccnc(N[C@H]3C[C@@H](CO)C3)c1)C2. The van der Waals surface area contributed by atoms with Crippen molar-refractivity contribution in [2.45, 2.75) is 51.5 Å². The van der Waals surface area contributed by atoms with E-state index in [4.69, 9.17) is 9.15 Å². The lowest BCUT2D eigenvalue weighted by Crippen LogP contribution is -2.42. The maximum atomic E-state index is 12.7. The highest BCUT2D eigenvalue weighted by Gasteiger charge is 2.28. The van der Waals surface area contributed by atoms with E-state index in [0.29, 0.717) is 36.2 Å². The summed E-state index contributed by atoms with van der Waals surface area (Å²) in [4.78, 5) is 23.1. The van der Waals surface area contributed by atoms with Crippen LogP contribution in [-0.2, 0) is 19.6 Å². The number of pyridine rings is 1. The Bertz CT molecular complexity index is 1230. The molecular weight excluding hydrogens is 486 g/mol. The molecule has 1 amide bonds. The minimum Gasteiger partial charge on any atom is -0.485 e. The van der Waals surface area contributed by atoms with E-state index < -0.39 is 6.10 Å². The molecule has 2 aliphatic rings. The molecule has 10 nitrogen and oxygen atoms in total. The first-order valence-electron chi connectivity index (χ1n) is 13.1. The van der Waals surface area contributed by atoms with Gasteiger partial charge in [-0.05, 0) is 67.0 Å². The number of hydrogen-bond acceptors (Lipinski definition) is 9. The summed E-state index contributed by atoms with van der Waals surface area (Å²) in [7, 11) is 0. The van der Waals surface area contributed by atoms with Gasteiger partial charge in [-0.2, -0.15) is 0 Å². The van der Waals surface area contributed by atoms with Crippen molar-refractivity contribution in [3.8, 4) is 5.75 Å². The van der Waals surface area contributed by atoms with Crippen molar-refractivity contribution in [2.24, 2.45) is 5.92 Å². The average molecular weight is 522 g/mol. The van der Waals surface area contributed by atoms with Crippen molar-refractivity contribution in [1.82, 2.24) is 20.2 Å². The Morgan fingerprint density at radius 1 is 1.32 bits per heavy atom. The highest BCUT2D eigenvalue weighted by molar-refractivity contribution is 5.94. The maximum Gasteiger partial charge on any atom is 0.251 e. The molecule has 0 unspecified atom stereocenters. The smallest absolute Gasteiger partial charge is 0.251 e. The van der Waals surface area contributed by atoms with Crippen LogP contribution in [0.4, 0.5) is 5.82 Å². The quantitative estimate of drug-likeness (QED) is 0.300. The largest absolute Gasteiger partial charge is 0.485 e. The van der Waals surface area contributed by atoms with E-state index in [1.54, 1.807) is 24.5 Å². The number of ether oxygens (including phenoxy) is 1. The lowest BCUT2D eigenvalue weighted by molar-refractivity contribution is 0.0841. The first-order valence-corrected chi connectivity index (χ1v) is 13.1. The predicted octanol–water partition coefficient (Wildman–Crippen LogP) is 2.29. The average Bonchev–Trinajstić information content (AvgIpc) is 3.42. The number of nitrogens with zero attached hydrogens (tertiary/aromatic N) is 3. The van der Waals surface area contributed by atoms with E-state index in [0.717, 1.165) is 43.7 Å². The summed E-state index contributed by atoms with van der Waals surface area (Å²) in [5.74, 6) is 2.27. The summed E-state index contributed by atoms with van der Waals surface area (Å²) < 4.78 is 11.2. The number of β-amino-alcohol motifs (C(OH)–C–C–N with tert-alkyl or cyclic N) is 1. The molecule has 1 aliphatic heterocycles. The van der Waals surface area contributed by atoms with Gasteiger partial charge in [-0.25, -0.2) is 9.97 Å². The van der Waals surface area contributed by atoms with Gasteiger partial charge in [0, 0.05) is 50.6 Å². The molecule has 1 atom stereocenters. The number of carbonyl (C=O) groups excluding carboxylic acids is 1. The molecule has 5 rings (SSSR count). The third kappa shape index (κ3) is 6.32. The van der Waals surface area contributed by atoms with Crippen molar-refractivity contribution in [1.29, 1.82) is 0 Å². The number of aromatic nitrogens is 2. The number of rotatable bonds is 11. The van der Waals surface area contributed by atoms with Gasteiger partial charge in [0.25, 0.3) is 5.91 Å². The van der Waals surface area contributed by atoms with Crippen LogP contribution in [0, 0.1) is 12.8 Å². The minimum absolute atomic E-state index is 0.168. The highest BCUT2D eigenvalue weighted by Crippen LogP contribution is 2.30. The monoisotopic (exact) mass is 521 g/mol. The van der Waals surface area contributed by atoms with Gasteiger partial charge in [-0.3, -0.25) is 9.69 Å². The summed E-state index contributed by atoms with van der Waals surface area (Å²) in [6, 6.07) is 7.73. The first kappa shape index (κ1) is 26.1. The van der Waals surface area contributed by atoms with Crippen LogP contribution in [0.15, 0.2) is 47.5 Å². The Kier molecular flexibility index (Phi) is 8.21. The van der Waals surface area contributed by atoms with Crippen LogP contribution >= 0.6 is 0 Å². The number of fused-ring (bicyclic) bond motifs is 1. The Hall–Kier alpha value is -3.47. The molecule has 3 aromatic rings. The molecule has 0 spiro atoms. The molecule has 202 valence electrons. The molecule has 1 fully saturated rings. The molecule has 4 N–H and O–H groups in total. The number of aliphatic hydroxyl groups is 2. The number of oxazole rings is 1. The molecule has 10 heteroatoms. The molecule has 0 bridgehead atoms. The number of benzene rings is 1. The van der Waals surface area contributed by atoms with Crippen molar-refractivity contribution in [3.63, 3.8) is 0 Å². The third-order valence-corrected chi connectivity index (χ3v) is 7.41.